The molecule has 3 aromatic rings. The lowest BCUT2D eigenvalue weighted by molar-refractivity contribution is 0.102. The average molecular weight is 324 g/mol. The van der Waals surface area contributed by atoms with Crippen LogP contribution in [0.4, 0.5) is 0 Å². The molecule has 2 aromatic carbocycles. The number of carbonyl (C=O) groups is 1. The molecule has 3 rings (SSSR count). The number of rotatable bonds is 5. The first-order valence-corrected chi connectivity index (χ1v) is 8.19. The summed E-state index contributed by atoms with van der Waals surface area (Å²) in [6.45, 7) is 1.92. The van der Waals surface area contributed by atoms with Crippen LogP contribution in [0.15, 0.2) is 53.6 Å². The maximum atomic E-state index is 12.3. The lowest BCUT2D eigenvalue weighted by atomic mass is 10.1. The van der Waals surface area contributed by atoms with Crippen molar-refractivity contribution in [3.8, 4) is 5.75 Å². The summed E-state index contributed by atoms with van der Waals surface area (Å²) in [5, 5.41) is 0.797. The Morgan fingerprint density at radius 1 is 1.04 bits per heavy atom. The Balaban J connectivity index is 1.74. The van der Waals surface area contributed by atoms with Gasteiger partial charge in [-0.3, -0.25) is 4.79 Å². The molecule has 5 heteroatoms. The summed E-state index contributed by atoms with van der Waals surface area (Å²) in [6.07, 6.45) is 0. The number of para-hydroxylation sites is 2. The van der Waals surface area contributed by atoms with Crippen LogP contribution in [0.5, 0.6) is 5.75 Å². The topological polar surface area (TPSA) is 52.1 Å². The minimum atomic E-state index is 0.0620. The summed E-state index contributed by atoms with van der Waals surface area (Å²) in [7, 11) is 1.61. The molecule has 4 nitrogen and oxygen atoms in total. The normalized spacial score (nSPS) is 10.7. The molecular weight excluding hydrogens is 308 g/mol. The van der Waals surface area contributed by atoms with E-state index >= 15 is 0 Å². The van der Waals surface area contributed by atoms with Crippen LogP contribution in [0.2, 0.25) is 0 Å². The van der Waals surface area contributed by atoms with Crippen molar-refractivity contribution in [3.63, 3.8) is 0 Å². The monoisotopic (exact) mass is 324 g/mol. The van der Waals surface area contributed by atoms with E-state index in [0.29, 0.717) is 11.3 Å². The molecule has 0 bridgehead atoms. The van der Waals surface area contributed by atoms with E-state index in [4.69, 9.17) is 4.74 Å². The van der Waals surface area contributed by atoms with E-state index in [1.807, 2.05) is 31.2 Å². The summed E-state index contributed by atoms with van der Waals surface area (Å²) < 4.78 is 5.10. The highest BCUT2D eigenvalue weighted by atomic mass is 32.2. The van der Waals surface area contributed by atoms with Crippen molar-refractivity contribution in [2.24, 2.45) is 0 Å². The Bertz CT molecular complexity index is 847. The van der Waals surface area contributed by atoms with Gasteiger partial charge in [-0.25, -0.2) is 9.97 Å². The van der Waals surface area contributed by atoms with Crippen molar-refractivity contribution in [1.82, 2.24) is 9.97 Å². The fraction of sp³-hybridized carbons (Fsp3) is 0.167. The first-order valence-electron chi connectivity index (χ1n) is 7.21. The van der Waals surface area contributed by atoms with E-state index < -0.39 is 0 Å². The second-order valence-corrected chi connectivity index (χ2v) is 6.01. The molecule has 23 heavy (non-hydrogen) atoms. The first kappa shape index (κ1) is 15.5. The molecule has 0 amide bonds. The van der Waals surface area contributed by atoms with Crippen molar-refractivity contribution in [1.29, 1.82) is 0 Å². The number of hydrogen-bond acceptors (Lipinski definition) is 5. The van der Waals surface area contributed by atoms with Crippen LogP contribution in [0.3, 0.4) is 0 Å². The van der Waals surface area contributed by atoms with E-state index in [9.17, 15) is 4.79 Å². The molecule has 0 N–H and O–H groups in total. The van der Waals surface area contributed by atoms with Crippen molar-refractivity contribution in [2.45, 2.75) is 11.9 Å². The summed E-state index contributed by atoms with van der Waals surface area (Å²) >= 11 is 1.42. The number of fused-ring (bicyclic) bond motifs is 1. The molecule has 0 radical (unpaired) electrons. The number of thioether (sulfide) groups is 1. The maximum absolute atomic E-state index is 12.3. The minimum Gasteiger partial charge on any atom is -0.497 e. The van der Waals surface area contributed by atoms with Gasteiger partial charge in [0, 0.05) is 5.56 Å². The zero-order valence-corrected chi connectivity index (χ0v) is 13.8. The summed E-state index contributed by atoms with van der Waals surface area (Å²) in [5.74, 6) is 1.14. The first-order chi connectivity index (χ1) is 11.2. The van der Waals surface area contributed by atoms with E-state index in [1.165, 1.54) is 11.8 Å². The van der Waals surface area contributed by atoms with Crippen LogP contribution in [0.1, 0.15) is 16.1 Å². The second kappa shape index (κ2) is 6.79. The molecule has 0 unspecified atom stereocenters. The van der Waals surface area contributed by atoms with Gasteiger partial charge in [0.25, 0.3) is 0 Å². The molecule has 0 aliphatic rings. The Morgan fingerprint density at radius 2 is 1.70 bits per heavy atom. The summed E-state index contributed by atoms with van der Waals surface area (Å²) in [4.78, 5) is 21.4. The second-order valence-electron chi connectivity index (χ2n) is 5.04. The van der Waals surface area contributed by atoms with E-state index in [0.717, 1.165) is 27.5 Å². The van der Waals surface area contributed by atoms with Gasteiger partial charge in [-0.15, -0.1) is 0 Å². The highest BCUT2D eigenvalue weighted by molar-refractivity contribution is 8.00. The van der Waals surface area contributed by atoms with Gasteiger partial charge in [-0.1, -0.05) is 23.9 Å². The number of hydrogen-bond donors (Lipinski definition) is 0. The molecular formula is C18H16N2O2S. The fourth-order valence-electron chi connectivity index (χ4n) is 2.20. The van der Waals surface area contributed by atoms with Gasteiger partial charge in [-0.2, -0.15) is 0 Å². The van der Waals surface area contributed by atoms with E-state index in [2.05, 4.69) is 9.97 Å². The molecule has 116 valence electrons. The van der Waals surface area contributed by atoms with Crippen molar-refractivity contribution in [2.75, 3.05) is 12.9 Å². The third-order valence-corrected chi connectivity index (χ3v) is 4.52. The summed E-state index contributed by atoms with van der Waals surface area (Å²) in [6, 6.07) is 14.9. The largest absolute Gasteiger partial charge is 0.497 e. The fourth-order valence-corrected chi connectivity index (χ4v) is 3.05. The highest BCUT2D eigenvalue weighted by Gasteiger charge is 2.10. The number of benzene rings is 2. The third kappa shape index (κ3) is 3.51. The van der Waals surface area contributed by atoms with Crippen LogP contribution in [0, 0.1) is 6.92 Å². The predicted octanol–water partition coefficient (Wildman–Crippen LogP) is 3.92. The van der Waals surface area contributed by atoms with Crippen LogP contribution in [-0.2, 0) is 0 Å². The molecule has 1 heterocycles. The minimum absolute atomic E-state index is 0.0620. The Kier molecular flexibility index (Phi) is 4.57. The number of Topliss-reactive ketones (excluding diaryl/α,β-unsaturated/α-hetero) is 1. The van der Waals surface area contributed by atoms with Gasteiger partial charge in [0.2, 0.25) is 0 Å². The predicted molar refractivity (Wildman–Crippen MR) is 92.3 cm³/mol. The van der Waals surface area contributed by atoms with Crippen molar-refractivity contribution in [3.05, 3.63) is 59.8 Å². The Morgan fingerprint density at radius 3 is 2.35 bits per heavy atom. The molecule has 0 aliphatic heterocycles. The molecule has 0 aliphatic carbocycles. The van der Waals surface area contributed by atoms with Gasteiger partial charge in [0.1, 0.15) is 10.8 Å². The number of nitrogens with zero attached hydrogens (tertiary/aromatic N) is 2. The lowest BCUT2D eigenvalue weighted by Crippen LogP contribution is -2.03. The Labute approximate surface area is 138 Å². The van der Waals surface area contributed by atoms with Crippen molar-refractivity contribution >= 4 is 28.6 Å². The standard InChI is InChI=1S/C18H16N2O2S/c1-12-18(20-16-6-4-3-5-15(16)19-12)23-11-17(21)13-7-9-14(22-2)10-8-13/h3-10H,11H2,1-2H3. The smallest absolute Gasteiger partial charge is 0.173 e. The van der Waals surface area contributed by atoms with Gasteiger partial charge in [0.15, 0.2) is 5.78 Å². The zero-order chi connectivity index (χ0) is 16.2. The van der Waals surface area contributed by atoms with Gasteiger partial charge in [0.05, 0.1) is 29.6 Å². The van der Waals surface area contributed by atoms with Crippen LogP contribution in [-0.4, -0.2) is 28.6 Å². The number of ketones is 1. The molecule has 0 saturated heterocycles. The van der Waals surface area contributed by atoms with Gasteiger partial charge < -0.3 is 4.74 Å². The van der Waals surface area contributed by atoms with Crippen LogP contribution in [0.25, 0.3) is 11.0 Å². The Hall–Kier alpha value is -2.40. The molecule has 0 spiro atoms. The number of aromatic nitrogens is 2. The third-order valence-electron chi connectivity index (χ3n) is 3.45. The van der Waals surface area contributed by atoms with Crippen LogP contribution < -0.4 is 4.74 Å². The number of methoxy groups -OCH3 is 1. The number of ether oxygens (including phenoxy) is 1. The quantitative estimate of drug-likeness (QED) is 0.526. The maximum Gasteiger partial charge on any atom is 0.173 e. The van der Waals surface area contributed by atoms with Crippen molar-refractivity contribution < 1.29 is 9.53 Å². The van der Waals surface area contributed by atoms with Crippen LogP contribution >= 0.6 is 11.8 Å². The van der Waals surface area contributed by atoms with E-state index in [-0.39, 0.29) is 5.78 Å². The lowest BCUT2D eigenvalue weighted by Gasteiger charge is -2.06. The molecule has 0 saturated carbocycles. The molecule has 0 fully saturated rings. The molecule has 0 atom stereocenters. The highest BCUT2D eigenvalue weighted by Crippen LogP contribution is 2.23. The van der Waals surface area contributed by atoms with Gasteiger partial charge in [-0.05, 0) is 43.3 Å². The van der Waals surface area contributed by atoms with E-state index in [1.54, 1.807) is 31.4 Å². The molecule has 1 aromatic heterocycles. The van der Waals surface area contributed by atoms with Gasteiger partial charge >= 0.3 is 0 Å². The SMILES string of the molecule is COc1ccc(C(=O)CSc2nc3ccccc3nc2C)cc1. The number of aryl methyl sites for hydroxylation is 1. The summed E-state index contributed by atoms with van der Waals surface area (Å²) in [5.41, 5.74) is 3.23. The average Bonchev–Trinajstić information content (AvgIpc) is 2.59. The zero-order valence-electron chi connectivity index (χ0n) is 12.9. The number of carbonyl (C=O) groups excluding carboxylic acids is 1.